The number of thiazole rings is 1. The molecule has 1 aliphatic heterocycles. The molecule has 2 heterocycles. The summed E-state index contributed by atoms with van der Waals surface area (Å²) in [4.78, 5) is 31.4. The third kappa shape index (κ3) is 3.41. The van der Waals surface area contributed by atoms with Crippen molar-refractivity contribution < 1.29 is 18.7 Å². The van der Waals surface area contributed by atoms with Crippen LogP contribution in [0.5, 0.6) is 0 Å². The normalized spacial score (nSPS) is 15.8. The van der Waals surface area contributed by atoms with Crippen molar-refractivity contribution in [1.82, 2.24) is 9.88 Å². The van der Waals surface area contributed by atoms with Gasteiger partial charge in [0.05, 0.1) is 7.11 Å². The second-order valence-corrected chi connectivity index (χ2v) is 7.35. The van der Waals surface area contributed by atoms with Gasteiger partial charge in [-0.05, 0) is 35.4 Å². The molecule has 0 aliphatic carbocycles. The highest BCUT2D eigenvalue weighted by atomic mass is 32.1. The Morgan fingerprint density at radius 3 is 2.57 bits per heavy atom. The summed E-state index contributed by atoms with van der Waals surface area (Å²) < 4.78 is 18.1. The Hall–Kier alpha value is -3.06. The first-order chi connectivity index (χ1) is 13.6. The summed E-state index contributed by atoms with van der Waals surface area (Å²) in [5.41, 5.74) is 3.04. The van der Waals surface area contributed by atoms with Gasteiger partial charge in [0.1, 0.15) is 22.6 Å². The average molecular weight is 396 g/mol. The number of benzene rings is 2. The van der Waals surface area contributed by atoms with Gasteiger partial charge in [-0.1, -0.05) is 24.3 Å². The minimum atomic E-state index is -0.691. The van der Waals surface area contributed by atoms with Gasteiger partial charge in [0.2, 0.25) is 0 Å². The van der Waals surface area contributed by atoms with Crippen LogP contribution >= 0.6 is 11.3 Å². The predicted octanol–water partition coefficient (Wildman–Crippen LogP) is 3.69. The molecule has 0 fully saturated rings. The van der Waals surface area contributed by atoms with Crippen LogP contribution in [0.4, 0.5) is 4.39 Å². The number of halogens is 1. The summed E-state index contributed by atoms with van der Waals surface area (Å²) in [7, 11) is 1.32. The van der Waals surface area contributed by atoms with Crippen molar-refractivity contribution in [3.05, 3.63) is 76.5 Å². The SMILES string of the molecule is COC(=O)C1Cc2ccccc2CN1C(=O)c1csc(-c2ccc(F)cc2)n1. The predicted molar refractivity (Wildman–Crippen MR) is 103 cm³/mol. The third-order valence-corrected chi connectivity index (χ3v) is 5.69. The molecule has 5 nitrogen and oxygen atoms in total. The average Bonchev–Trinajstić information content (AvgIpc) is 3.22. The maximum atomic E-state index is 13.1. The van der Waals surface area contributed by atoms with E-state index in [0.717, 1.165) is 16.7 Å². The number of hydrogen-bond acceptors (Lipinski definition) is 5. The molecule has 142 valence electrons. The molecule has 1 atom stereocenters. The summed E-state index contributed by atoms with van der Waals surface area (Å²) in [6.45, 7) is 0.318. The largest absolute Gasteiger partial charge is 0.467 e. The zero-order valence-electron chi connectivity index (χ0n) is 15.1. The van der Waals surface area contributed by atoms with E-state index in [0.29, 0.717) is 18.0 Å². The molecule has 0 spiro atoms. The Balaban J connectivity index is 1.64. The van der Waals surface area contributed by atoms with Crippen molar-refractivity contribution in [3.8, 4) is 10.6 Å². The van der Waals surface area contributed by atoms with Crippen LogP contribution in [0, 0.1) is 5.82 Å². The number of carbonyl (C=O) groups excluding carboxylic acids is 2. The number of esters is 1. The Labute approximate surface area is 165 Å². The van der Waals surface area contributed by atoms with Gasteiger partial charge in [0.15, 0.2) is 0 Å². The van der Waals surface area contributed by atoms with Crippen LogP contribution in [0.2, 0.25) is 0 Å². The Kier molecular flexibility index (Phi) is 4.92. The number of ether oxygens (including phenoxy) is 1. The van der Waals surface area contributed by atoms with E-state index >= 15 is 0 Å². The number of rotatable bonds is 3. The van der Waals surface area contributed by atoms with Gasteiger partial charge >= 0.3 is 5.97 Å². The van der Waals surface area contributed by atoms with Gasteiger partial charge < -0.3 is 9.64 Å². The zero-order chi connectivity index (χ0) is 19.7. The maximum absolute atomic E-state index is 13.1. The minimum absolute atomic E-state index is 0.262. The van der Waals surface area contributed by atoms with Crippen LogP contribution in [0.1, 0.15) is 21.6 Å². The van der Waals surface area contributed by atoms with E-state index in [2.05, 4.69) is 4.98 Å². The molecule has 0 bridgehead atoms. The van der Waals surface area contributed by atoms with E-state index in [-0.39, 0.29) is 17.4 Å². The van der Waals surface area contributed by atoms with Gasteiger partial charge in [-0.3, -0.25) is 4.79 Å². The molecule has 0 N–H and O–H groups in total. The standard InChI is InChI=1S/C21H17FN2O3S/c1-27-21(26)18-10-14-4-2-3-5-15(14)11-24(18)20(25)17-12-28-19(23-17)13-6-8-16(22)9-7-13/h2-9,12,18H,10-11H2,1H3. The maximum Gasteiger partial charge on any atom is 0.328 e. The first-order valence-corrected chi connectivity index (χ1v) is 9.62. The van der Waals surface area contributed by atoms with Crippen molar-refractivity contribution in [2.24, 2.45) is 0 Å². The van der Waals surface area contributed by atoms with Crippen molar-refractivity contribution in [2.75, 3.05) is 7.11 Å². The fourth-order valence-corrected chi connectivity index (χ4v) is 4.13. The first kappa shape index (κ1) is 18.3. The lowest BCUT2D eigenvalue weighted by atomic mass is 9.93. The highest BCUT2D eigenvalue weighted by Crippen LogP contribution is 2.28. The molecule has 0 saturated heterocycles. The number of carbonyl (C=O) groups is 2. The van der Waals surface area contributed by atoms with E-state index in [1.807, 2.05) is 24.3 Å². The third-order valence-electron chi connectivity index (χ3n) is 4.80. The van der Waals surface area contributed by atoms with Gasteiger partial charge in [-0.15, -0.1) is 11.3 Å². The molecule has 2 aromatic carbocycles. The highest BCUT2D eigenvalue weighted by Gasteiger charge is 2.36. The molecule has 7 heteroatoms. The summed E-state index contributed by atoms with van der Waals surface area (Å²) in [5, 5.41) is 2.28. The molecule has 0 radical (unpaired) electrons. The molecule has 1 aromatic heterocycles. The van der Waals surface area contributed by atoms with Crippen LogP contribution in [0.25, 0.3) is 10.6 Å². The monoisotopic (exact) mass is 396 g/mol. The van der Waals surface area contributed by atoms with Crippen molar-refractivity contribution >= 4 is 23.2 Å². The molecule has 0 saturated carbocycles. The summed E-state index contributed by atoms with van der Waals surface area (Å²) in [6, 6.07) is 13.0. The molecule has 4 rings (SSSR count). The zero-order valence-corrected chi connectivity index (χ0v) is 15.9. The quantitative estimate of drug-likeness (QED) is 0.634. The number of fused-ring (bicyclic) bond motifs is 1. The summed E-state index contributed by atoms with van der Waals surface area (Å²) in [6.07, 6.45) is 0.406. The van der Waals surface area contributed by atoms with Crippen molar-refractivity contribution in [1.29, 1.82) is 0 Å². The lowest BCUT2D eigenvalue weighted by Gasteiger charge is -2.34. The van der Waals surface area contributed by atoms with Crippen molar-refractivity contribution in [3.63, 3.8) is 0 Å². The number of methoxy groups -OCH3 is 1. The first-order valence-electron chi connectivity index (χ1n) is 8.74. The number of amides is 1. The second-order valence-electron chi connectivity index (χ2n) is 6.49. The Morgan fingerprint density at radius 2 is 1.86 bits per heavy atom. The topological polar surface area (TPSA) is 59.5 Å². The number of hydrogen-bond donors (Lipinski definition) is 0. The van der Waals surface area contributed by atoms with E-state index in [1.54, 1.807) is 17.5 Å². The summed E-state index contributed by atoms with van der Waals surface area (Å²) in [5.74, 6) is -1.10. The molecular formula is C21H17FN2O3S. The van der Waals surface area contributed by atoms with Crippen LogP contribution in [0.15, 0.2) is 53.9 Å². The Morgan fingerprint density at radius 1 is 1.14 bits per heavy atom. The van der Waals surface area contributed by atoms with Crippen LogP contribution in [-0.4, -0.2) is 34.9 Å². The molecule has 1 unspecified atom stereocenters. The fraction of sp³-hybridized carbons (Fsp3) is 0.190. The van der Waals surface area contributed by atoms with Gasteiger partial charge in [-0.2, -0.15) is 0 Å². The second kappa shape index (κ2) is 7.52. The number of aromatic nitrogens is 1. The fourth-order valence-electron chi connectivity index (χ4n) is 3.33. The summed E-state index contributed by atoms with van der Waals surface area (Å²) >= 11 is 1.30. The minimum Gasteiger partial charge on any atom is -0.467 e. The highest BCUT2D eigenvalue weighted by molar-refractivity contribution is 7.13. The molecule has 3 aromatic rings. The lowest BCUT2D eigenvalue weighted by Crippen LogP contribution is -2.49. The molecule has 1 aliphatic rings. The van der Waals surface area contributed by atoms with Gasteiger partial charge in [-0.25, -0.2) is 14.2 Å². The van der Waals surface area contributed by atoms with Crippen LogP contribution < -0.4 is 0 Å². The van der Waals surface area contributed by atoms with E-state index < -0.39 is 12.0 Å². The van der Waals surface area contributed by atoms with Gasteiger partial charge in [0.25, 0.3) is 5.91 Å². The van der Waals surface area contributed by atoms with E-state index in [9.17, 15) is 14.0 Å². The molecular weight excluding hydrogens is 379 g/mol. The lowest BCUT2D eigenvalue weighted by molar-refractivity contribution is -0.146. The van der Waals surface area contributed by atoms with Crippen LogP contribution in [-0.2, 0) is 22.5 Å². The van der Waals surface area contributed by atoms with Crippen molar-refractivity contribution in [2.45, 2.75) is 19.0 Å². The smallest absolute Gasteiger partial charge is 0.328 e. The van der Waals surface area contributed by atoms with Gasteiger partial charge in [0, 0.05) is 23.9 Å². The Bertz CT molecular complexity index is 1030. The van der Waals surface area contributed by atoms with Crippen LogP contribution in [0.3, 0.4) is 0 Å². The molecule has 28 heavy (non-hydrogen) atoms. The molecule has 1 amide bonds. The number of nitrogens with zero attached hydrogens (tertiary/aromatic N) is 2. The van der Waals surface area contributed by atoms with E-state index in [4.69, 9.17) is 4.74 Å². The van der Waals surface area contributed by atoms with E-state index in [1.165, 1.54) is 35.5 Å².